The second kappa shape index (κ2) is 9.96. The van der Waals surface area contributed by atoms with Gasteiger partial charge in [-0.2, -0.15) is 0 Å². The molecule has 0 aromatic heterocycles. The first kappa shape index (κ1) is 27.7. The predicted octanol–water partition coefficient (Wildman–Crippen LogP) is 7.50. The number of ketones is 2. The fraction of sp³-hybridized carbons (Fsp3) is 0.129. The number of hydrogen-bond acceptors (Lipinski definition) is 4. The van der Waals surface area contributed by atoms with Gasteiger partial charge < -0.3 is 10.1 Å². The summed E-state index contributed by atoms with van der Waals surface area (Å²) in [5.74, 6) is -14.7. The Hall–Kier alpha value is -4.86. The average molecular weight is 565 g/mol. The third-order valence-electron chi connectivity index (χ3n) is 6.67. The topological polar surface area (TPSA) is 72.5 Å². The van der Waals surface area contributed by atoms with Gasteiger partial charge in [0, 0.05) is 16.7 Å². The Morgan fingerprint density at radius 2 is 1.22 bits per heavy atom. The zero-order valence-corrected chi connectivity index (χ0v) is 21.8. The molecule has 1 amide bonds. The van der Waals surface area contributed by atoms with Crippen molar-refractivity contribution in [3.63, 3.8) is 0 Å². The summed E-state index contributed by atoms with van der Waals surface area (Å²) in [5, 5.41) is 2.08. The van der Waals surface area contributed by atoms with Crippen LogP contribution in [-0.4, -0.2) is 17.5 Å². The van der Waals surface area contributed by atoms with Crippen LogP contribution >= 0.6 is 0 Å². The molecule has 0 aliphatic heterocycles. The highest BCUT2D eigenvalue weighted by Crippen LogP contribution is 2.41. The lowest BCUT2D eigenvalue weighted by atomic mass is 9.83. The van der Waals surface area contributed by atoms with E-state index in [1.54, 1.807) is 36.4 Å². The van der Waals surface area contributed by atoms with Gasteiger partial charge in [-0.3, -0.25) is 14.4 Å². The van der Waals surface area contributed by atoms with E-state index in [9.17, 15) is 36.3 Å². The minimum Gasteiger partial charge on any atom is -0.454 e. The van der Waals surface area contributed by atoms with Crippen molar-refractivity contribution in [2.75, 3.05) is 5.32 Å². The zero-order chi connectivity index (χ0) is 29.8. The number of hydrogen-bond donors (Lipinski definition) is 1. The van der Waals surface area contributed by atoms with E-state index in [-0.39, 0.29) is 44.9 Å². The van der Waals surface area contributed by atoms with Crippen molar-refractivity contribution >= 4 is 23.2 Å². The molecule has 0 fully saturated rings. The molecule has 0 saturated heterocycles. The molecule has 0 atom stereocenters. The van der Waals surface area contributed by atoms with Crippen molar-refractivity contribution in [3.05, 3.63) is 123 Å². The number of rotatable bonds is 4. The fourth-order valence-corrected chi connectivity index (χ4v) is 4.49. The van der Waals surface area contributed by atoms with Gasteiger partial charge in [0.2, 0.25) is 5.82 Å². The maximum absolute atomic E-state index is 14.4. The van der Waals surface area contributed by atoms with Crippen LogP contribution in [0.4, 0.5) is 27.6 Å². The standard InChI is InChI=1S/C31H20F5NO4/c1-31(2,3)14-8-10-15(11-9-14)41-29-19(37-30(40)21-22(32)24(34)26(36)25(35)23(21)33)13-12-18-20(29)28(39)17-7-5-4-6-16(17)27(18)38/h4-13H,1-3H3,(H,37,40). The number of anilines is 1. The molecule has 208 valence electrons. The van der Waals surface area contributed by atoms with Gasteiger partial charge in [0.15, 0.2) is 40.6 Å². The molecule has 0 unspecified atom stereocenters. The summed E-state index contributed by atoms with van der Waals surface area (Å²) in [5.41, 5.74) is -1.45. The summed E-state index contributed by atoms with van der Waals surface area (Å²) in [6.45, 7) is 5.97. The summed E-state index contributed by atoms with van der Waals surface area (Å²) in [4.78, 5) is 39.7. The molecule has 0 radical (unpaired) electrons. The lowest BCUT2D eigenvalue weighted by Gasteiger charge is -2.23. The molecule has 0 saturated carbocycles. The van der Waals surface area contributed by atoms with Gasteiger partial charge in [0.25, 0.3) is 5.91 Å². The van der Waals surface area contributed by atoms with Crippen LogP contribution in [0, 0.1) is 29.1 Å². The number of carbonyl (C=O) groups is 3. The Bertz CT molecular complexity index is 1750. The quantitative estimate of drug-likeness (QED) is 0.139. The van der Waals surface area contributed by atoms with Gasteiger partial charge in [-0.1, -0.05) is 57.2 Å². The van der Waals surface area contributed by atoms with E-state index in [2.05, 4.69) is 5.32 Å². The van der Waals surface area contributed by atoms with Crippen molar-refractivity contribution in [3.8, 4) is 11.5 Å². The molecule has 1 N–H and O–H groups in total. The Morgan fingerprint density at radius 1 is 0.683 bits per heavy atom. The molecular weight excluding hydrogens is 545 g/mol. The number of nitrogens with one attached hydrogen (secondary N) is 1. The summed E-state index contributed by atoms with van der Waals surface area (Å²) in [6, 6.07) is 15.1. The molecule has 5 nitrogen and oxygen atoms in total. The molecule has 4 aromatic rings. The van der Waals surface area contributed by atoms with Crippen LogP contribution in [0.15, 0.2) is 60.7 Å². The number of carbonyl (C=O) groups excluding carboxylic acids is 3. The number of fused-ring (bicyclic) bond motifs is 2. The third-order valence-corrected chi connectivity index (χ3v) is 6.67. The van der Waals surface area contributed by atoms with Gasteiger partial charge in [-0.05, 0) is 35.2 Å². The van der Waals surface area contributed by atoms with Gasteiger partial charge >= 0.3 is 0 Å². The molecule has 41 heavy (non-hydrogen) atoms. The minimum absolute atomic E-state index is 0.0566. The monoisotopic (exact) mass is 565 g/mol. The Labute approximate surface area is 230 Å². The lowest BCUT2D eigenvalue weighted by Crippen LogP contribution is -2.23. The highest BCUT2D eigenvalue weighted by Gasteiger charge is 2.35. The summed E-state index contributed by atoms with van der Waals surface area (Å²) in [6.07, 6.45) is 0. The average Bonchev–Trinajstić information content (AvgIpc) is 2.94. The molecule has 4 aromatic carbocycles. The summed E-state index contributed by atoms with van der Waals surface area (Å²) in [7, 11) is 0. The smallest absolute Gasteiger partial charge is 0.261 e. The lowest BCUT2D eigenvalue weighted by molar-refractivity contribution is 0.0977. The van der Waals surface area contributed by atoms with Crippen LogP contribution in [-0.2, 0) is 5.41 Å². The van der Waals surface area contributed by atoms with E-state index in [1.807, 2.05) is 20.8 Å². The van der Waals surface area contributed by atoms with Crippen molar-refractivity contribution in [1.29, 1.82) is 0 Å². The van der Waals surface area contributed by atoms with Gasteiger partial charge in [-0.15, -0.1) is 0 Å². The van der Waals surface area contributed by atoms with E-state index in [0.717, 1.165) is 11.6 Å². The Morgan fingerprint density at radius 3 is 1.78 bits per heavy atom. The van der Waals surface area contributed by atoms with Crippen LogP contribution in [0.2, 0.25) is 0 Å². The molecule has 0 bridgehead atoms. The maximum atomic E-state index is 14.4. The van der Waals surface area contributed by atoms with E-state index in [4.69, 9.17) is 4.74 Å². The normalized spacial score (nSPS) is 12.6. The number of halogens is 5. The zero-order valence-electron chi connectivity index (χ0n) is 21.8. The Balaban J connectivity index is 1.65. The molecule has 5 rings (SSSR count). The van der Waals surface area contributed by atoms with Gasteiger partial charge in [-0.25, -0.2) is 22.0 Å². The van der Waals surface area contributed by atoms with E-state index < -0.39 is 52.1 Å². The highest BCUT2D eigenvalue weighted by molar-refractivity contribution is 6.30. The van der Waals surface area contributed by atoms with Gasteiger partial charge in [0.05, 0.1) is 11.3 Å². The maximum Gasteiger partial charge on any atom is 0.261 e. The third kappa shape index (κ3) is 4.65. The van der Waals surface area contributed by atoms with Crippen molar-refractivity contribution in [1.82, 2.24) is 0 Å². The second-order valence-corrected chi connectivity index (χ2v) is 10.3. The Kier molecular flexibility index (Phi) is 6.73. The number of amides is 1. The number of ether oxygens (including phenoxy) is 1. The van der Waals surface area contributed by atoms with Crippen LogP contribution in [0.3, 0.4) is 0 Å². The number of benzene rings is 4. The molecular formula is C31H20F5NO4. The fourth-order valence-electron chi connectivity index (χ4n) is 4.49. The highest BCUT2D eigenvalue weighted by atomic mass is 19.2. The molecule has 1 aliphatic rings. The van der Waals surface area contributed by atoms with E-state index in [1.165, 1.54) is 18.2 Å². The van der Waals surface area contributed by atoms with Crippen LogP contribution in [0.25, 0.3) is 0 Å². The largest absolute Gasteiger partial charge is 0.454 e. The first-order valence-electron chi connectivity index (χ1n) is 12.3. The van der Waals surface area contributed by atoms with Crippen LogP contribution in [0.5, 0.6) is 11.5 Å². The van der Waals surface area contributed by atoms with Crippen LogP contribution < -0.4 is 10.1 Å². The summed E-state index contributed by atoms with van der Waals surface area (Å²) < 4.78 is 75.9. The minimum atomic E-state index is -2.42. The first-order valence-corrected chi connectivity index (χ1v) is 12.3. The van der Waals surface area contributed by atoms with E-state index >= 15 is 0 Å². The molecule has 10 heteroatoms. The molecule has 0 heterocycles. The molecule has 0 spiro atoms. The van der Waals surface area contributed by atoms with Gasteiger partial charge in [0.1, 0.15) is 11.3 Å². The van der Waals surface area contributed by atoms with Crippen LogP contribution in [0.1, 0.15) is 68.5 Å². The van der Waals surface area contributed by atoms with Crippen molar-refractivity contribution < 1.29 is 41.1 Å². The van der Waals surface area contributed by atoms with E-state index in [0.29, 0.717) is 0 Å². The second-order valence-electron chi connectivity index (χ2n) is 10.3. The summed E-state index contributed by atoms with van der Waals surface area (Å²) >= 11 is 0. The predicted molar refractivity (Wildman–Crippen MR) is 139 cm³/mol. The molecule has 1 aliphatic carbocycles. The SMILES string of the molecule is CC(C)(C)c1ccc(Oc2c(NC(=O)c3c(F)c(F)c(F)c(F)c3F)ccc3c2C(=O)c2ccccc2C3=O)cc1. The van der Waals surface area contributed by atoms with Crippen molar-refractivity contribution in [2.24, 2.45) is 0 Å². The first-order chi connectivity index (χ1) is 19.3. The van der Waals surface area contributed by atoms with Crippen molar-refractivity contribution in [2.45, 2.75) is 26.2 Å².